The maximum atomic E-state index is 15.4. The summed E-state index contributed by atoms with van der Waals surface area (Å²) in [6, 6.07) is 40.7. The summed E-state index contributed by atoms with van der Waals surface area (Å²) in [5.74, 6) is -70.7. The van der Waals surface area contributed by atoms with Gasteiger partial charge in [-0.2, -0.15) is 5.26 Å². The van der Waals surface area contributed by atoms with Gasteiger partial charge < -0.3 is 4.52 Å². The fraction of sp³-hybridized carbons (Fsp3) is 0. The van der Waals surface area contributed by atoms with Crippen LogP contribution in [0.2, 0.25) is 0 Å². The second-order valence-electron chi connectivity index (χ2n) is 15.1. The summed E-state index contributed by atoms with van der Waals surface area (Å²) < 4.78 is 301. The largest absolute Gasteiger partial charge is 0.334 e. The summed E-state index contributed by atoms with van der Waals surface area (Å²) in [5.41, 5.74) is -13.7. The summed E-state index contributed by atoms with van der Waals surface area (Å²) in [5, 5.41) is 12.6. The Balaban J connectivity index is 0.000000237. The SMILES string of the molecule is Fc1c(F)c(F)c([B-](c2c(F)c(F)c(F)c(F)c2F)(c2c(F)c(F)c(F)c(F)c2F)c2c(F)c(F)c(F)c(F)c2F)c(F)c1F.N#Cc1ccc(O[P+](c2ccccc2)(c2ccccc2)c2ccccc2)cc1. The molecule has 0 heterocycles. The number of benzene rings is 8. The number of nitriles is 1. The Hall–Kier alpha value is -7.86. The van der Waals surface area contributed by atoms with Crippen LogP contribution in [0.1, 0.15) is 5.56 Å². The Morgan fingerprint density at radius 2 is 0.493 bits per heavy atom. The van der Waals surface area contributed by atoms with Crippen molar-refractivity contribution in [1.29, 1.82) is 5.26 Å². The lowest BCUT2D eigenvalue weighted by Crippen LogP contribution is -2.81. The first-order valence-electron chi connectivity index (χ1n) is 20.0. The van der Waals surface area contributed by atoms with Gasteiger partial charge in [0.1, 0.15) is 68.6 Å². The van der Waals surface area contributed by atoms with Gasteiger partial charge in [0.25, 0.3) is 7.49 Å². The lowest BCUT2D eigenvalue weighted by atomic mass is 9.12. The topological polar surface area (TPSA) is 33.0 Å². The highest BCUT2D eigenvalue weighted by molar-refractivity contribution is 7.92. The van der Waals surface area contributed by atoms with E-state index in [0.29, 0.717) is 5.56 Å². The summed E-state index contributed by atoms with van der Waals surface area (Å²) in [6.45, 7) is 0. The molecule has 0 spiro atoms. The number of rotatable bonds is 9. The number of hydrogen-bond donors (Lipinski definition) is 0. The van der Waals surface area contributed by atoms with Gasteiger partial charge >= 0.3 is 0 Å². The van der Waals surface area contributed by atoms with E-state index >= 15 is 35.1 Å². The van der Waals surface area contributed by atoms with Crippen LogP contribution in [0, 0.1) is 128 Å². The summed E-state index contributed by atoms with van der Waals surface area (Å²) >= 11 is 0. The van der Waals surface area contributed by atoms with Crippen LogP contribution in [0.15, 0.2) is 115 Å². The molecule has 8 aromatic carbocycles. The molecule has 0 aliphatic rings. The van der Waals surface area contributed by atoms with Crippen molar-refractivity contribution in [3.8, 4) is 11.8 Å². The lowest BCUT2D eigenvalue weighted by molar-refractivity contribution is 0.378. The molecule has 0 amide bonds. The van der Waals surface area contributed by atoms with Gasteiger partial charge in [0.05, 0.1) is 11.6 Å². The van der Waals surface area contributed by atoms with E-state index in [9.17, 15) is 52.7 Å². The molecule has 8 aromatic rings. The molecule has 0 radical (unpaired) electrons. The first-order chi connectivity index (χ1) is 34.5. The van der Waals surface area contributed by atoms with E-state index < -0.39 is 152 Å². The van der Waals surface area contributed by atoms with Gasteiger partial charge in [0, 0.05) is 0 Å². The molecule has 2 nitrogen and oxygen atoms in total. The van der Waals surface area contributed by atoms with Crippen LogP contribution in [0.4, 0.5) is 87.8 Å². The van der Waals surface area contributed by atoms with E-state index in [1.165, 1.54) is 0 Å². The Kier molecular flexibility index (Phi) is 14.8. The van der Waals surface area contributed by atoms with Gasteiger partial charge in [0.15, 0.2) is 75.6 Å². The smallest absolute Gasteiger partial charge is 0.287 e. The van der Waals surface area contributed by atoms with Crippen LogP contribution < -0.4 is 42.3 Å². The molecule has 24 heteroatoms. The molecule has 8 rings (SSSR count). The maximum absolute atomic E-state index is 15.4. The molecule has 0 fully saturated rings. The van der Waals surface area contributed by atoms with Crippen molar-refractivity contribution in [1.82, 2.24) is 0 Å². The monoisotopic (exact) mass is 1060 g/mol. The fourth-order valence-electron chi connectivity index (χ4n) is 8.14. The Morgan fingerprint density at radius 1 is 0.288 bits per heavy atom. The van der Waals surface area contributed by atoms with Crippen molar-refractivity contribution in [3.05, 3.63) is 237 Å². The number of halogens is 20. The molecule has 0 aliphatic carbocycles. The highest BCUT2D eigenvalue weighted by Crippen LogP contribution is 2.56. The molecule has 0 saturated carbocycles. The Morgan fingerprint density at radius 3 is 0.699 bits per heavy atom. The predicted octanol–water partition coefficient (Wildman–Crippen LogP) is 10.7. The summed E-state index contributed by atoms with van der Waals surface area (Å²) in [6.07, 6.45) is -7.22. The average Bonchev–Trinajstić information content (AvgIpc) is 3.41. The Bertz CT molecular complexity index is 3010. The van der Waals surface area contributed by atoms with Crippen LogP contribution in [0.3, 0.4) is 0 Å². The van der Waals surface area contributed by atoms with E-state index in [1.54, 1.807) is 12.1 Å². The molecule has 0 N–H and O–H groups in total. The summed E-state index contributed by atoms with van der Waals surface area (Å²) in [7, 11) is -2.38. The van der Waals surface area contributed by atoms with Gasteiger partial charge in [-0.1, -0.05) is 54.6 Å². The molecule has 0 atom stereocenters. The van der Waals surface area contributed by atoms with Gasteiger partial charge in [-0.15, -0.1) is 21.9 Å². The van der Waals surface area contributed by atoms with Gasteiger partial charge in [-0.3, -0.25) is 0 Å². The van der Waals surface area contributed by atoms with E-state index in [-0.39, 0.29) is 0 Å². The van der Waals surface area contributed by atoms with E-state index in [4.69, 9.17) is 9.79 Å². The van der Waals surface area contributed by atoms with E-state index in [1.807, 2.05) is 30.3 Å². The van der Waals surface area contributed by atoms with Gasteiger partial charge in [-0.25, -0.2) is 87.8 Å². The molecule has 0 saturated heterocycles. The van der Waals surface area contributed by atoms with Crippen molar-refractivity contribution >= 4 is 51.4 Å². The normalized spacial score (nSPS) is 11.5. The average molecular weight is 1060 g/mol. The van der Waals surface area contributed by atoms with Crippen molar-refractivity contribution in [2.75, 3.05) is 0 Å². The fourth-order valence-corrected chi connectivity index (χ4v) is 11.6. The first kappa shape index (κ1) is 53.0. The second kappa shape index (κ2) is 20.3. The van der Waals surface area contributed by atoms with Crippen LogP contribution in [0.25, 0.3) is 0 Å². The first-order valence-corrected chi connectivity index (χ1v) is 21.7. The minimum absolute atomic E-state index is 0.621. The highest BCUT2D eigenvalue weighted by atomic mass is 31.2. The quantitative estimate of drug-likeness (QED) is 0.0475. The minimum Gasteiger partial charge on any atom is -0.334 e. The summed E-state index contributed by atoms with van der Waals surface area (Å²) in [4.78, 5) is 0. The standard InChI is InChI=1S/C25H19NOP.C24BF20/c26-20-21-16-18-22(19-17-21)27-28(23-10-4-1-5-11-23,24-12-6-2-7-13-24)25-14-8-3-9-15-25;26-5-1(6(27)14(35)21(42)13(5)34)25(2-7(28)15(36)22(43)16(37)8(2)29,3-9(30)17(38)23(44)18(39)10(3)31)4-11(32)19(40)24(45)20(41)12(4)33/h1-19H;/q+1;-1. The molecular formula is C49H19BF20NOP. The third-order valence-corrected chi connectivity index (χ3v) is 14.9. The van der Waals surface area contributed by atoms with Gasteiger partial charge in [0.2, 0.25) is 0 Å². The molecule has 0 aromatic heterocycles. The van der Waals surface area contributed by atoms with Crippen molar-refractivity contribution in [2.24, 2.45) is 0 Å². The van der Waals surface area contributed by atoms with Crippen molar-refractivity contribution in [3.63, 3.8) is 0 Å². The zero-order chi connectivity index (χ0) is 53.6. The second-order valence-corrected chi connectivity index (χ2v) is 18.1. The van der Waals surface area contributed by atoms with Crippen LogP contribution in [0.5, 0.6) is 5.75 Å². The zero-order valence-corrected chi connectivity index (χ0v) is 36.3. The molecule has 0 aliphatic heterocycles. The van der Waals surface area contributed by atoms with E-state index in [2.05, 4.69) is 78.9 Å². The lowest BCUT2D eigenvalue weighted by Gasteiger charge is -2.44. The minimum atomic E-state index is -7.22. The van der Waals surface area contributed by atoms with Crippen LogP contribution in [-0.4, -0.2) is 6.15 Å². The number of hydrogen-bond acceptors (Lipinski definition) is 2. The third kappa shape index (κ3) is 8.46. The van der Waals surface area contributed by atoms with Gasteiger partial charge in [-0.05, 0) is 60.7 Å². The molecule has 73 heavy (non-hydrogen) atoms. The van der Waals surface area contributed by atoms with Crippen molar-refractivity contribution < 1.29 is 92.3 Å². The molecule has 374 valence electrons. The van der Waals surface area contributed by atoms with Crippen molar-refractivity contribution in [2.45, 2.75) is 0 Å². The zero-order valence-electron chi connectivity index (χ0n) is 35.4. The van der Waals surface area contributed by atoms with E-state index in [0.717, 1.165) is 21.7 Å². The van der Waals surface area contributed by atoms with Crippen LogP contribution >= 0.6 is 7.49 Å². The highest BCUT2D eigenvalue weighted by Gasteiger charge is 2.53. The molecule has 0 unspecified atom stereocenters. The Labute approximate surface area is 397 Å². The predicted molar refractivity (Wildman–Crippen MR) is 226 cm³/mol. The third-order valence-electron chi connectivity index (χ3n) is 11.3. The van der Waals surface area contributed by atoms with Crippen LogP contribution in [-0.2, 0) is 0 Å². The molecule has 0 bridgehead atoms. The molecular weight excluding hydrogens is 1040 g/mol. The maximum Gasteiger partial charge on any atom is 0.287 e. The number of nitrogens with zero attached hydrogens (tertiary/aromatic N) is 1.